The molecule has 0 aromatic heterocycles. The van der Waals surface area contributed by atoms with Crippen LogP contribution in [0.5, 0.6) is 0 Å². The summed E-state index contributed by atoms with van der Waals surface area (Å²) in [6, 6.07) is 6.16. The number of piperazine rings is 1. The molecule has 3 rings (SSSR count). The second kappa shape index (κ2) is 4.82. The van der Waals surface area contributed by atoms with Crippen LogP contribution in [-0.2, 0) is 0 Å². The van der Waals surface area contributed by atoms with E-state index in [-0.39, 0.29) is 5.82 Å². The van der Waals surface area contributed by atoms with E-state index in [0.717, 1.165) is 23.2 Å². The minimum absolute atomic E-state index is 0.183. The van der Waals surface area contributed by atoms with Crippen LogP contribution in [0.1, 0.15) is 19.8 Å². The second-order valence-electron chi connectivity index (χ2n) is 5.39. The summed E-state index contributed by atoms with van der Waals surface area (Å²) in [5, 5.41) is 0. The number of rotatable bonds is 1. The molecule has 2 aliphatic rings. The summed E-state index contributed by atoms with van der Waals surface area (Å²) in [6.07, 6.45) is 2.61. The highest BCUT2D eigenvalue weighted by molar-refractivity contribution is 9.10. The Morgan fingerprint density at radius 1 is 1.33 bits per heavy atom. The molecule has 0 aliphatic carbocycles. The zero-order valence-electron chi connectivity index (χ0n) is 10.6. The van der Waals surface area contributed by atoms with E-state index in [1.807, 2.05) is 6.07 Å². The van der Waals surface area contributed by atoms with Gasteiger partial charge in [0.2, 0.25) is 0 Å². The van der Waals surface area contributed by atoms with Crippen molar-refractivity contribution in [2.75, 3.05) is 24.5 Å². The van der Waals surface area contributed by atoms with Crippen molar-refractivity contribution in [2.45, 2.75) is 31.8 Å². The van der Waals surface area contributed by atoms with Gasteiger partial charge in [0.05, 0.1) is 5.69 Å². The summed E-state index contributed by atoms with van der Waals surface area (Å²) >= 11 is 3.49. The van der Waals surface area contributed by atoms with Crippen LogP contribution in [0, 0.1) is 5.82 Å². The highest BCUT2D eigenvalue weighted by atomic mass is 79.9. The van der Waals surface area contributed by atoms with Crippen molar-refractivity contribution in [3.63, 3.8) is 0 Å². The van der Waals surface area contributed by atoms with Crippen molar-refractivity contribution in [3.8, 4) is 0 Å². The second-order valence-corrected chi connectivity index (χ2v) is 6.24. The lowest BCUT2D eigenvalue weighted by Gasteiger charge is -2.44. The normalized spacial score (nSPS) is 28.5. The number of hydrogen-bond donors (Lipinski definition) is 0. The van der Waals surface area contributed by atoms with Crippen LogP contribution < -0.4 is 4.90 Å². The molecule has 0 radical (unpaired) electrons. The molecule has 0 spiro atoms. The largest absolute Gasteiger partial charge is 0.365 e. The Morgan fingerprint density at radius 2 is 2.17 bits per heavy atom. The van der Waals surface area contributed by atoms with Gasteiger partial charge < -0.3 is 4.90 Å². The molecule has 98 valence electrons. The van der Waals surface area contributed by atoms with Crippen LogP contribution in [0.3, 0.4) is 0 Å². The SMILES string of the molecule is CC1CN2CCCC2CN1c1ccc(F)cc1Br. The first kappa shape index (κ1) is 12.4. The average Bonchev–Trinajstić information content (AvgIpc) is 2.75. The minimum atomic E-state index is -0.183. The van der Waals surface area contributed by atoms with Gasteiger partial charge in [0.15, 0.2) is 0 Å². The number of hydrogen-bond acceptors (Lipinski definition) is 2. The Morgan fingerprint density at radius 3 is 2.94 bits per heavy atom. The van der Waals surface area contributed by atoms with E-state index in [1.165, 1.54) is 19.4 Å². The molecule has 0 amide bonds. The third-order valence-electron chi connectivity index (χ3n) is 4.16. The Balaban J connectivity index is 1.86. The Labute approximate surface area is 116 Å². The van der Waals surface area contributed by atoms with Crippen LogP contribution in [0.25, 0.3) is 0 Å². The number of halogens is 2. The zero-order valence-corrected chi connectivity index (χ0v) is 12.2. The summed E-state index contributed by atoms with van der Waals surface area (Å²) in [4.78, 5) is 5.01. The van der Waals surface area contributed by atoms with Crippen molar-refractivity contribution < 1.29 is 4.39 Å². The number of nitrogens with zero attached hydrogens (tertiary/aromatic N) is 2. The molecule has 1 aromatic carbocycles. The summed E-state index contributed by atoms with van der Waals surface area (Å²) in [7, 11) is 0. The maximum atomic E-state index is 13.2. The molecule has 2 saturated heterocycles. The summed E-state index contributed by atoms with van der Waals surface area (Å²) in [6.45, 7) is 5.68. The van der Waals surface area contributed by atoms with E-state index in [9.17, 15) is 4.39 Å². The predicted molar refractivity (Wildman–Crippen MR) is 75.5 cm³/mol. The first-order chi connectivity index (χ1) is 8.65. The van der Waals surface area contributed by atoms with Gasteiger partial charge in [-0.25, -0.2) is 4.39 Å². The Hall–Kier alpha value is -0.610. The summed E-state index contributed by atoms with van der Waals surface area (Å²) in [5.41, 5.74) is 1.12. The lowest BCUT2D eigenvalue weighted by molar-refractivity contribution is 0.203. The standard InChI is InChI=1S/C14H18BrFN2/c1-10-8-17-6-2-3-12(17)9-18(10)14-5-4-11(16)7-13(14)15/h4-5,7,10,12H,2-3,6,8-9H2,1H3. The first-order valence-corrected chi connectivity index (χ1v) is 7.40. The number of benzene rings is 1. The highest BCUT2D eigenvalue weighted by Crippen LogP contribution is 2.33. The van der Waals surface area contributed by atoms with Crippen molar-refractivity contribution in [2.24, 2.45) is 0 Å². The van der Waals surface area contributed by atoms with Gasteiger partial charge in [0.25, 0.3) is 0 Å². The van der Waals surface area contributed by atoms with Crippen LogP contribution in [-0.4, -0.2) is 36.6 Å². The Bertz CT molecular complexity index is 451. The molecule has 2 unspecified atom stereocenters. The van der Waals surface area contributed by atoms with Crippen LogP contribution >= 0.6 is 15.9 Å². The molecule has 2 aliphatic heterocycles. The molecule has 2 heterocycles. The fourth-order valence-electron chi connectivity index (χ4n) is 3.24. The van der Waals surface area contributed by atoms with Gasteiger partial charge in [0, 0.05) is 29.6 Å². The molecule has 0 bridgehead atoms. The molecule has 1 aromatic rings. The van der Waals surface area contributed by atoms with E-state index in [0.29, 0.717) is 12.1 Å². The number of anilines is 1. The van der Waals surface area contributed by atoms with Crippen molar-refractivity contribution in [1.82, 2.24) is 4.90 Å². The molecule has 2 fully saturated rings. The summed E-state index contributed by atoms with van der Waals surface area (Å²) in [5.74, 6) is -0.183. The highest BCUT2D eigenvalue weighted by Gasteiger charge is 2.34. The van der Waals surface area contributed by atoms with Gasteiger partial charge in [-0.2, -0.15) is 0 Å². The number of fused-ring (bicyclic) bond motifs is 1. The molecule has 2 nitrogen and oxygen atoms in total. The first-order valence-electron chi connectivity index (χ1n) is 6.61. The lowest BCUT2D eigenvalue weighted by atomic mass is 10.1. The molecule has 0 N–H and O–H groups in total. The smallest absolute Gasteiger partial charge is 0.124 e. The van der Waals surface area contributed by atoms with Crippen LogP contribution in [0.15, 0.2) is 22.7 Å². The molecular formula is C14H18BrFN2. The Kier molecular flexibility index (Phi) is 3.32. The molecule has 4 heteroatoms. The third kappa shape index (κ3) is 2.16. The van der Waals surface area contributed by atoms with Crippen LogP contribution in [0.2, 0.25) is 0 Å². The fourth-order valence-corrected chi connectivity index (χ4v) is 3.82. The minimum Gasteiger partial charge on any atom is -0.365 e. The zero-order chi connectivity index (χ0) is 12.7. The molecule has 18 heavy (non-hydrogen) atoms. The van der Waals surface area contributed by atoms with Gasteiger partial charge in [0.1, 0.15) is 5.82 Å². The van der Waals surface area contributed by atoms with Crippen molar-refractivity contribution in [1.29, 1.82) is 0 Å². The fraction of sp³-hybridized carbons (Fsp3) is 0.571. The maximum Gasteiger partial charge on any atom is 0.124 e. The van der Waals surface area contributed by atoms with Crippen molar-refractivity contribution >= 4 is 21.6 Å². The van der Waals surface area contributed by atoms with E-state index in [1.54, 1.807) is 12.1 Å². The van der Waals surface area contributed by atoms with Crippen molar-refractivity contribution in [3.05, 3.63) is 28.5 Å². The molecular weight excluding hydrogens is 295 g/mol. The predicted octanol–water partition coefficient (Wildman–Crippen LogP) is 3.26. The topological polar surface area (TPSA) is 6.48 Å². The third-order valence-corrected chi connectivity index (χ3v) is 4.79. The van der Waals surface area contributed by atoms with Gasteiger partial charge in [-0.1, -0.05) is 0 Å². The van der Waals surface area contributed by atoms with Crippen LogP contribution in [0.4, 0.5) is 10.1 Å². The van der Waals surface area contributed by atoms with E-state index in [2.05, 4.69) is 32.7 Å². The summed E-state index contributed by atoms with van der Waals surface area (Å²) < 4.78 is 14.0. The van der Waals surface area contributed by atoms with E-state index < -0.39 is 0 Å². The quantitative estimate of drug-likeness (QED) is 0.785. The molecule has 0 saturated carbocycles. The molecule has 2 atom stereocenters. The monoisotopic (exact) mass is 312 g/mol. The van der Waals surface area contributed by atoms with Gasteiger partial charge in [-0.3, -0.25) is 4.90 Å². The van der Waals surface area contributed by atoms with Gasteiger partial charge >= 0.3 is 0 Å². The van der Waals surface area contributed by atoms with E-state index in [4.69, 9.17) is 0 Å². The maximum absolute atomic E-state index is 13.2. The van der Waals surface area contributed by atoms with Gasteiger partial charge in [-0.15, -0.1) is 0 Å². The lowest BCUT2D eigenvalue weighted by Crippen LogP contribution is -2.55. The van der Waals surface area contributed by atoms with E-state index >= 15 is 0 Å². The van der Waals surface area contributed by atoms with Gasteiger partial charge in [-0.05, 0) is 60.4 Å². The average molecular weight is 313 g/mol.